The molecular formula is C29H33N5O3. The molecule has 5 rings (SSSR count). The molecule has 8 nitrogen and oxygen atoms in total. The molecule has 1 fully saturated rings. The molecule has 0 spiro atoms. The Morgan fingerprint density at radius 1 is 1.03 bits per heavy atom. The van der Waals surface area contributed by atoms with E-state index in [1.807, 2.05) is 67.6 Å². The molecule has 37 heavy (non-hydrogen) atoms. The van der Waals surface area contributed by atoms with E-state index in [1.165, 1.54) is 6.42 Å². The minimum atomic E-state index is -0.873. The zero-order valence-electron chi connectivity index (χ0n) is 21.2. The molecule has 1 N–H and O–H groups in total. The standard InChI is InChI=1S/C29H33N5O3/c1-21-16-17-26(37-21)28(29(36)30-23-12-6-3-7-13-23)33(19-18-22-10-4-2-5-11-22)27(35)20-34-25-15-9-8-14-24(25)31-32-34/h2,4-5,8-11,14-17,23,28H,3,6-7,12-13,18-20H2,1H3,(H,30,36)/t28-/m1/s1. The van der Waals surface area contributed by atoms with Crippen molar-refractivity contribution in [3.8, 4) is 0 Å². The third-order valence-electron chi connectivity index (χ3n) is 7.05. The molecule has 0 radical (unpaired) electrons. The van der Waals surface area contributed by atoms with Gasteiger partial charge < -0.3 is 14.6 Å². The average molecular weight is 500 g/mol. The first-order valence-corrected chi connectivity index (χ1v) is 13.1. The first-order chi connectivity index (χ1) is 18.1. The van der Waals surface area contributed by atoms with E-state index < -0.39 is 6.04 Å². The fourth-order valence-corrected chi connectivity index (χ4v) is 5.10. The van der Waals surface area contributed by atoms with Crippen LogP contribution in [0.1, 0.15) is 55.2 Å². The van der Waals surface area contributed by atoms with Crippen molar-refractivity contribution in [2.24, 2.45) is 0 Å². The Balaban J connectivity index is 1.46. The topological polar surface area (TPSA) is 93.3 Å². The number of amides is 2. The summed E-state index contributed by atoms with van der Waals surface area (Å²) in [6.07, 6.45) is 5.92. The maximum atomic E-state index is 13.9. The number of hydrogen-bond donors (Lipinski definition) is 1. The third kappa shape index (κ3) is 5.90. The minimum absolute atomic E-state index is 0.0256. The normalized spacial score (nSPS) is 14.9. The number of hydrogen-bond acceptors (Lipinski definition) is 5. The van der Waals surface area contributed by atoms with Crippen molar-refractivity contribution in [2.45, 2.75) is 64.1 Å². The van der Waals surface area contributed by atoms with E-state index in [2.05, 4.69) is 15.6 Å². The summed E-state index contributed by atoms with van der Waals surface area (Å²) in [5.41, 5.74) is 2.59. The average Bonchev–Trinajstić information content (AvgIpc) is 3.53. The van der Waals surface area contributed by atoms with Gasteiger partial charge in [0.15, 0.2) is 6.04 Å². The lowest BCUT2D eigenvalue weighted by atomic mass is 9.95. The molecule has 0 aliphatic heterocycles. The SMILES string of the molecule is Cc1ccc([C@H](C(=O)NC2CCCCC2)N(CCc2ccccc2)C(=O)Cn2nnc3ccccc32)o1. The molecule has 8 heteroatoms. The predicted molar refractivity (Wildman–Crippen MR) is 141 cm³/mol. The van der Waals surface area contributed by atoms with Gasteiger partial charge in [0.2, 0.25) is 5.91 Å². The molecule has 4 aromatic rings. The van der Waals surface area contributed by atoms with Gasteiger partial charge in [0.05, 0.1) is 5.52 Å². The summed E-state index contributed by atoms with van der Waals surface area (Å²) in [4.78, 5) is 29.3. The molecule has 2 amide bonds. The van der Waals surface area contributed by atoms with Crippen molar-refractivity contribution in [2.75, 3.05) is 6.54 Å². The lowest BCUT2D eigenvalue weighted by Gasteiger charge is -2.32. The smallest absolute Gasteiger partial charge is 0.250 e. The Morgan fingerprint density at radius 3 is 2.54 bits per heavy atom. The van der Waals surface area contributed by atoms with Gasteiger partial charge in [-0.15, -0.1) is 5.10 Å². The van der Waals surface area contributed by atoms with Crippen LogP contribution >= 0.6 is 0 Å². The van der Waals surface area contributed by atoms with Gasteiger partial charge in [0, 0.05) is 12.6 Å². The maximum absolute atomic E-state index is 13.9. The van der Waals surface area contributed by atoms with Crippen molar-refractivity contribution in [1.82, 2.24) is 25.2 Å². The molecule has 192 valence electrons. The number of nitrogens with zero attached hydrogens (tertiary/aromatic N) is 4. The number of aromatic nitrogens is 3. The second kappa shape index (κ2) is 11.4. The van der Waals surface area contributed by atoms with Crippen LogP contribution < -0.4 is 5.32 Å². The van der Waals surface area contributed by atoms with Crippen LogP contribution in [0.5, 0.6) is 0 Å². The maximum Gasteiger partial charge on any atom is 0.250 e. The van der Waals surface area contributed by atoms with E-state index in [-0.39, 0.29) is 24.4 Å². The number of aryl methyl sites for hydroxylation is 1. The number of carbonyl (C=O) groups excluding carboxylic acids is 2. The highest BCUT2D eigenvalue weighted by Gasteiger charge is 2.35. The van der Waals surface area contributed by atoms with E-state index in [4.69, 9.17) is 4.42 Å². The summed E-state index contributed by atoms with van der Waals surface area (Å²) in [5, 5.41) is 11.6. The van der Waals surface area contributed by atoms with Crippen LogP contribution in [0, 0.1) is 6.92 Å². The fraction of sp³-hybridized carbons (Fsp3) is 0.379. The zero-order valence-corrected chi connectivity index (χ0v) is 21.2. The van der Waals surface area contributed by atoms with E-state index in [1.54, 1.807) is 15.6 Å². The van der Waals surface area contributed by atoms with Gasteiger partial charge in [-0.3, -0.25) is 9.59 Å². The predicted octanol–water partition coefficient (Wildman–Crippen LogP) is 4.59. The molecule has 2 aromatic carbocycles. The molecule has 2 heterocycles. The van der Waals surface area contributed by atoms with Crippen LogP contribution in [0.4, 0.5) is 0 Å². The largest absolute Gasteiger partial charge is 0.464 e. The summed E-state index contributed by atoms with van der Waals surface area (Å²) in [6, 6.07) is 20.4. The second-order valence-electron chi connectivity index (χ2n) is 9.75. The third-order valence-corrected chi connectivity index (χ3v) is 7.05. The Bertz CT molecular complexity index is 1340. The number of furan rings is 1. The highest BCUT2D eigenvalue weighted by molar-refractivity contribution is 5.89. The monoisotopic (exact) mass is 499 g/mol. The summed E-state index contributed by atoms with van der Waals surface area (Å²) < 4.78 is 7.55. The van der Waals surface area contributed by atoms with Gasteiger partial charge in [-0.2, -0.15) is 0 Å². The molecule has 1 aliphatic carbocycles. The van der Waals surface area contributed by atoms with Gasteiger partial charge in [0.1, 0.15) is 23.6 Å². The van der Waals surface area contributed by atoms with E-state index >= 15 is 0 Å². The van der Waals surface area contributed by atoms with Crippen LogP contribution in [-0.4, -0.2) is 44.3 Å². The first-order valence-electron chi connectivity index (χ1n) is 13.1. The fourth-order valence-electron chi connectivity index (χ4n) is 5.10. The first kappa shape index (κ1) is 24.7. The summed E-state index contributed by atoms with van der Waals surface area (Å²) >= 11 is 0. The molecule has 1 saturated carbocycles. The molecular weight excluding hydrogens is 466 g/mol. The highest BCUT2D eigenvalue weighted by Crippen LogP contribution is 2.26. The number of nitrogens with one attached hydrogen (secondary N) is 1. The van der Waals surface area contributed by atoms with Crippen LogP contribution in [0.25, 0.3) is 11.0 Å². The van der Waals surface area contributed by atoms with Crippen LogP contribution in [-0.2, 0) is 22.6 Å². The van der Waals surface area contributed by atoms with Gasteiger partial charge in [-0.05, 0) is 56.0 Å². The molecule has 1 atom stereocenters. The quantitative estimate of drug-likeness (QED) is 0.363. The second-order valence-corrected chi connectivity index (χ2v) is 9.75. The molecule has 0 unspecified atom stereocenters. The van der Waals surface area contributed by atoms with Crippen molar-refractivity contribution in [3.63, 3.8) is 0 Å². The number of fused-ring (bicyclic) bond motifs is 1. The summed E-state index contributed by atoms with van der Waals surface area (Å²) in [5.74, 6) is 0.745. The van der Waals surface area contributed by atoms with Gasteiger partial charge >= 0.3 is 0 Å². The van der Waals surface area contributed by atoms with E-state index in [9.17, 15) is 9.59 Å². The summed E-state index contributed by atoms with van der Waals surface area (Å²) in [7, 11) is 0. The van der Waals surface area contributed by atoms with Crippen molar-refractivity contribution in [1.29, 1.82) is 0 Å². The Morgan fingerprint density at radius 2 is 1.78 bits per heavy atom. The number of benzene rings is 2. The Kier molecular flexibility index (Phi) is 7.63. The minimum Gasteiger partial charge on any atom is -0.464 e. The van der Waals surface area contributed by atoms with Gasteiger partial charge in [-0.1, -0.05) is 66.9 Å². The summed E-state index contributed by atoms with van der Waals surface area (Å²) in [6.45, 7) is 2.18. The van der Waals surface area contributed by atoms with Crippen LogP contribution in [0.3, 0.4) is 0 Å². The van der Waals surface area contributed by atoms with Gasteiger partial charge in [0.25, 0.3) is 5.91 Å². The molecule has 1 aliphatic rings. The van der Waals surface area contributed by atoms with Crippen LogP contribution in [0.2, 0.25) is 0 Å². The number of para-hydroxylation sites is 1. The van der Waals surface area contributed by atoms with Crippen LogP contribution in [0.15, 0.2) is 71.1 Å². The zero-order chi connectivity index (χ0) is 25.6. The van der Waals surface area contributed by atoms with Crippen molar-refractivity contribution in [3.05, 3.63) is 83.8 Å². The number of carbonyl (C=O) groups is 2. The Hall–Kier alpha value is -3.94. The molecule has 0 saturated heterocycles. The lowest BCUT2D eigenvalue weighted by Crippen LogP contribution is -2.48. The molecule has 2 aromatic heterocycles. The van der Waals surface area contributed by atoms with Gasteiger partial charge in [-0.25, -0.2) is 4.68 Å². The lowest BCUT2D eigenvalue weighted by molar-refractivity contribution is -0.142. The van der Waals surface area contributed by atoms with Crippen molar-refractivity contribution >= 4 is 22.8 Å². The van der Waals surface area contributed by atoms with E-state index in [0.717, 1.165) is 42.3 Å². The molecule has 0 bridgehead atoms. The highest BCUT2D eigenvalue weighted by atomic mass is 16.3. The van der Waals surface area contributed by atoms with Crippen molar-refractivity contribution < 1.29 is 14.0 Å². The Labute approximate surface area is 216 Å². The number of rotatable bonds is 9. The van der Waals surface area contributed by atoms with E-state index in [0.29, 0.717) is 24.5 Å².